The average molecular weight is 490 g/mol. The number of carbonyl (C=O) groups excluding carboxylic acids is 1. The highest BCUT2D eigenvalue weighted by molar-refractivity contribution is 5.73. The van der Waals surface area contributed by atoms with Gasteiger partial charge in [0.2, 0.25) is 5.91 Å². The highest BCUT2D eigenvalue weighted by Crippen LogP contribution is 2.06. The van der Waals surface area contributed by atoms with Crippen LogP contribution in [0.1, 0.15) is 26.3 Å². The first-order valence-electron chi connectivity index (χ1n) is 12.4. The van der Waals surface area contributed by atoms with Gasteiger partial charge in [-0.2, -0.15) is 0 Å². The van der Waals surface area contributed by atoms with Crippen molar-refractivity contribution in [3.63, 3.8) is 0 Å². The van der Waals surface area contributed by atoms with Gasteiger partial charge in [0.1, 0.15) is 0 Å². The SMILES string of the molecule is C=CCN1CCN(C=C)CCN(C=C)CCN(C(C)=O)CC1.CC.CNc1ccc(C)cc1.CO. The number of nitrogens with zero attached hydrogens (tertiary/aromatic N) is 4. The Hall–Kier alpha value is -2.77. The van der Waals surface area contributed by atoms with Crippen molar-refractivity contribution in [2.75, 3.05) is 78.4 Å². The molecule has 0 atom stereocenters. The molecule has 0 aromatic heterocycles. The summed E-state index contributed by atoms with van der Waals surface area (Å²) in [6.07, 6.45) is 5.68. The Bertz CT molecular complexity index is 678. The smallest absolute Gasteiger partial charge is 0.219 e. The predicted molar refractivity (Wildman–Crippen MR) is 153 cm³/mol. The van der Waals surface area contributed by atoms with Gasteiger partial charge >= 0.3 is 0 Å². The van der Waals surface area contributed by atoms with Gasteiger partial charge in [-0.05, 0) is 31.5 Å². The van der Waals surface area contributed by atoms with E-state index in [1.54, 1.807) is 6.92 Å². The van der Waals surface area contributed by atoms with E-state index in [1.807, 2.05) is 44.3 Å². The number of hydrogen-bond donors (Lipinski definition) is 2. The number of aliphatic hydroxyl groups is 1. The van der Waals surface area contributed by atoms with Gasteiger partial charge in [-0.3, -0.25) is 9.69 Å². The van der Waals surface area contributed by atoms with E-state index < -0.39 is 0 Å². The van der Waals surface area contributed by atoms with Crippen molar-refractivity contribution in [2.45, 2.75) is 27.7 Å². The van der Waals surface area contributed by atoms with Gasteiger partial charge in [-0.15, -0.1) is 6.58 Å². The van der Waals surface area contributed by atoms with Crippen molar-refractivity contribution >= 4 is 11.6 Å². The van der Waals surface area contributed by atoms with E-state index in [0.717, 1.165) is 66.0 Å². The number of aliphatic hydroxyl groups excluding tert-OH is 1. The molecule has 0 aliphatic carbocycles. The largest absolute Gasteiger partial charge is 0.400 e. The first-order chi connectivity index (χ1) is 16.9. The third kappa shape index (κ3) is 16.5. The van der Waals surface area contributed by atoms with Crippen LogP contribution in [-0.4, -0.2) is 104 Å². The van der Waals surface area contributed by atoms with Crippen molar-refractivity contribution in [3.05, 3.63) is 68.0 Å². The molecule has 2 N–H and O–H groups in total. The van der Waals surface area contributed by atoms with E-state index in [-0.39, 0.29) is 5.91 Å². The minimum Gasteiger partial charge on any atom is -0.400 e. The number of nitrogens with one attached hydrogen (secondary N) is 1. The van der Waals surface area contributed by atoms with Gasteiger partial charge in [0.15, 0.2) is 0 Å². The van der Waals surface area contributed by atoms with E-state index in [9.17, 15) is 4.79 Å². The molecule has 1 aliphatic rings. The summed E-state index contributed by atoms with van der Waals surface area (Å²) in [5.41, 5.74) is 2.47. The van der Waals surface area contributed by atoms with Crippen molar-refractivity contribution < 1.29 is 9.90 Å². The number of carbonyl (C=O) groups is 1. The molecule has 0 unspecified atom stereocenters. The van der Waals surface area contributed by atoms with Crippen LogP contribution in [0.2, 0.25) is 0 Å². The Morgan fingerprint density at radius 2 is 1.31 bits per heavy atom. The molecule has 35 heavy (non-hydrogen) atoms. The molecule has 1 aliphatic heterocycles. The number of hydrogen-bond acceptors (Lipinski definition) is 6. The first-order valence-corrected chi connectivity index (χ1v) is 12.4. The van der Waals surface area contributed by atoms with Crippen LogP contribution in [0, 0.1) is 6.92 Å². The Labute approximate surface area is 215 Å². The van der Waals surface area contributed by atoms with Crippen molar-refractivity contribution in [3.8, 4) is 0 Å². The fraction of sp³-hybridized carbons (Fsp3) is 0.536. The van der Waals surface area contributed by atoms with E-state index in [0.29, 0.717) is 0 Å². The van der Waals surface area contributed by atoms with Crippen molar-refractivity contribution in [1.82, 2.24) is 19.6 Å². The number of benzene rings is 1. The Morgan fingerprint density at radius 1 is 0.886 bits per heavy atom. The van der Waals surface area contributed by atoms with Gasteiger partial charge in [-0.25, -0.2) is 0 Å². The molecule has 1 aromatic carbocycles. The third-order valence-electron chi connectivity index (χ3n) is 5.41. The summed E-state index contributed by atoms with van der Waals surface area (Å²) in [5, 5.41) is 10.1. The van der Waals surface area contributed by atoms with E-state index in [1.165, 1.54) is 11.3 Å². The molecule has 1 saturated heterocycles. The number of rotatable bonds is 5. The molecule has 0 spiro atoms. The van der Waals surface area contributed by atoms with Gasteiger partial charge in [0.25, 0.3) is 0 Å². The van der Waals surface area contributed by atoms with Crippen LogP contribution in [0.3, 0.4) is 0 Å². The fourth-order valence-electron chi connectivity index (χ4n) is 3.25. The van der Waals surface area contributed by atoms with Crippen molar-refractivity contribution in [1.29, 1.82) is 0 Å². The van der Waals surface area contributed by atoms with Crippen LogP contribution in [0.25, 0.3) is 0 Å². The maximum Gasteiger partial charge on any atom is 0.219 e. The third-order valence-corrected chi connectivity index (χ3v) is 5.41. The quantitative estimate of drug-likeness (QED) is 0.612. The Balaban J connectivity index is 0. The molecule has 1 amide bonds. The maximum absolute atomic E-state index is 11.8. The van der Waals surface area contributed by atoms with Gasteiger partial charge in [0, 0.05) is 85.7 Å². The monoisotopic (exact) mass is 489 g/mol. The number of anilines is 1. The minimum atomic E-state index is 0.132. The Kier molecular flexibility index (Phi) is 22.6. The zero-order valence-electron chi connectivity index (χ0n) is 23.2. The lowest BCUT2D eigenvalue weighted by molar-refractivity contribution is -0.129. The predicted octanol–water partition coefficient (Wildman–Crippen LogP) is 3.90. The molecule has 0 saturated carbocycles. The second-order valence-corrected chi connectivity index (χ2v) is 7.65. The summed E-state index contributed by atoms with van der Waals surface area (Å²) < 4.78 is 0. The first kappa shape index (κ1) is 34.4. The molecule has 1 heterocycles. The summed E-state index contributed by atoms with van der Waals surface area (Å²) >= 11 is 0. The summed E-state index contributed by atoms with van der Waals surface area (Å²) in [7, 11) is 2.92. The van der Waals surface area contributed by atoms with Crippen LogP contribution < -0.4 is 5.32 Å². The van der Waals surface area contributed by atoms with Crippen molar-refractivity contribution in [2.24, 2.45) is 0 Å². The van der Waals surface area contributed by atoms with E-state index >= 15 is 0 Å². The summed E-state index contributed by atoms with van der Waals surface area (Å²) in [6, 6.07) is 8.31. The van der Waals surface area contributed by atoms with Gasteiger partial charge < -0.3 is 25.1 Å². The molecular weight excluding hydrogens is 438 g/mol. The number of amides is 1. The molecule has 1 fully saturated rings. The van der Waals surface area contributed by atoms with Crippen LogP contribution in [0.15, 0.2) is 62.5 Å². The van der Waals surface area contributed by atoms with Gasteiger partial charge in [-0.1, -0.05) is 50.8 Å². The molecule has 7 heteroatoms. The number of aryl methyl sites for hydroxylation is 1. The highest BCUT2D eigenvalue weighted by atomic mass is 16.2. The molecule has 0 radical (unpaired) electrons. The zero-order valence-corrected chi connectivity index (χ0v) is 23.2. The summed E-state index contributed by atoms with van der Waals surface area (Å²) in [5.74, 6) is 0.132. The average Bonchev–Trinajstić information content (AvgIpc) is 2.89. The van der Waals surface area contributed by atoms with E-state index in [2.05, 4.69) is 70.9 Å². The van der Waals surface area contributed by atoms with Crippen LogP contribution in [0.5, 0.6) is 0 Å². The van der Waals surface area contributed by atoms with Gasteiger partial charge in [0.05, 0.1) is 0 Å². The molecule has 200 valence electrons. The van der Waals surface area contributed by atoms with E-state index in [4.69, 9.17) is 5.11 Å². The lowest BCUT2D eigenvalue weighted by Crippen LogP contribution is -2.45. The molecule has 1 aromatic rings. The lowest BCUT2D eigenvalue weighted by Gasteiger charge is -2.33. The molecule has 2 rings (SSSR count). The molecular formula is C28H51N5O2. The van der Waals surface area contributed by atoms with Crippen LogP contribution in [-0.2, 0) is 4.79 Å². The molecule has 0 bridgehead atoms. The maximum atomic E-state index is 11.8. The summed E-state index contributed by atoms with van der Waals surface area (Å²) in [4.78, 5) is 20.4. The second kappa shape index (κ2) is 23.0. The fourth-order valence-corrected chi connectivity index (χ4v) is 3.25. The zero-order chi connectivity index (χ0) is 27.1. The van der Waals surface area contributed by atoms with Crippen LogP contribution in [0.4, 0.5) is 5.69 Å². The Morgan fingerprint density at radius 3 is 1.74 bits per heavy atom. The topological polar surface area (TPSA) is 62.3 Å². The normalized spacial score (nSPS) is 14.7. The summed E-state index contributed by atoms with van der Waals surface area (Å²) in [6.45, 7) is 27.0. The molecule has 7 nitrogen and oxygen atoms in total. The minimum absolute atomic E-state index is 0.132. The second-order valence-electron chi connectivity index (χ2n) is 7.65. The highest BCUT2D eigenvalue weighted by Gasteiger charge is 2.14. The standard InChI is InChI=1S/C17H30N4O.C8H11N.C2H6.CH4O/c1-5-8-20-12-11-18(6-2)9-10-19(7-3)13-15-21(16-14-20)17(4)22;1-7-3-5-8(9-2)6-4-7;2*1-2/h5-7H,1-3,8-16H2,4H3;3-6,9H,1-2H3;1-2H3;2H,1H3. The van der Waals surface area contributed by atoms with Crippen LogP contribution >= 0.6 is 0 Å². The lowest BCUT2D eigenvalue weighted by atomic mass is 10.2.